The first kappa shape index (κ1) is 36.2. The van der Waals surface area contributed by atoms with E-state index in [4.69, 9.17) is 8.83 Å². The maximum Gasteiger partial charge on any atom is 0.256 e. The molecule has 4 aromatic heterocycles. The van der Waals surface area contributed by atoms with Crippen LogP contribution in [0.4, 0.5) is 17.6 Å². The van der Waals surface area contributed by atoms with Crippen LogP contribution in [0, 0.1) is 23.4 Å². The lowest BCUT2D eigenvalue weighted by atomic mass is 9.97. The van der Waals surface area contributed by atoms with Crippen molar-refractivity contribution in [1.29, 1.82) is 0 Å². The second kappa shape index (κ2) is 16.2. The number of nitrogens with zero attached hydrogens (tertiary/aromatic N) is 6. The molecule has 2 amide bonds. The Morgan fingerprint density at radius 1 is 0.667 bits per heavy atom. The first-order valence-electron chi connectivity index (χ1n) is 17.4. The summed E-state index contributed by atoms with van der Waals surface area (Å²) in [5, 5.41) is 0. The minimum absolute atomic E-state index is 0.0186. The van der Waals surface area contributed by atoms with Crippen molar-refractivity contribution in [1.82, 2.24) is 29.7 Å². The molecule has 0 spiro atoms. The first-order valence-corrected chi connectivity index (χ1v) is 17.4. The summed E-state index contributed by atoms with van der Waals surface area (Å²) in [4.78, 5) is 44.7. The van der Waals surface area contributed by atoms with Gasteiger partial charge < -0.3 is 18.6 Å². The van der Waals surface area contributed by atoms with Gasteiger partial charge in [-0.2, -0.15) is 4.39 Å². The van der Waals surface area contributed by atoms with Crippen molar-refractivity contribution in [3.8, 4) is 22.5 Å². The minimum Gasteiger partial charge on any atom is -0.448 e. The zero-order chi connectivity index (χ0) is 37.6. The third-order valence-electron chi connectivity index (χ3n) is 9.42. The number of carbonyl (C=O) groups excluding carboxylic acids is 2. The summed E-state index contributed by atoms with van der Waals surface area (Å²) in [5.41, 5.74) is 3.07. The molecule has 2 aliphatic rings. The van der Waals surface area contributed by atoms with E-state index in [0.29, 0.717) is 49.3 Å². The molecule has 6 aromatic rings. The third-order valence-corrected chi connectivity index (χ3v) is 9.42. The Kier molecular flexibility index (Phi) is 10.9. The quantitative estimate of drug-likeness (QED) is 0.124. The third kappa shape index (κ3) is 8.38. The lowest BCUT2D eigenvalue weighted by molar-refractivity contribution is 0.0687. The number of benzene rings is 2. The highest BCUT2D eigenvalue weighted by Gasteiger charge is 2.31. The van der Waals surface area contributed by atoms with Gasteiger partial charge in [-0.25, -0.2) is 28.1 Å². The lowest BCUT2D eigenvalue weighted by Crippen LogP contribution is -2.39. The Bertz CT molecular complexity index is 2230. The summed E-state index contributed by atoms with van der Waals surface area (Å²) in [6.45, 7) is 2.02. The number of rotatable bonds is 6. The largest absolute Gasteiger partial charge is 0.448 e. The standard InChI is InChI=1S/2C20H17F2N3O2/c21-16-5-3-13(4-6-16)17-12-27-19(24-17)15-2-1-9-25(11-15)20(26)14-7-8-23-18(22)10-14;21-15-5-3-13(4-6-15)18-12-27-19(24-18)14-2-1-9-25(11-14)20(26)16-7-8-23-10-17(16)22/h3-8,10,12,15H,1-2,9,11H2;3-8,10,12,14H,1-2,9,11H2/t15-;14-/m00/s1. The van der Waals surface area contributed by atoms with Crippen molar-refractivity contribution in [2.75, 3.05) is 26.2 Å². The van der Waals surface area contributed by atoms with Gasteiger partial charge in [0.15, 0.2) is 17.6 Å². The highest BCUT2D eigenvalue weighted by Crippen LogP contribution is 2.31. The van der Waals surface area contributed by atoms with Gasteiger partial charge in [-0.15, -0.1) is 0 Å². The van der Waals surface area contributed by atoms with Crippen LogP contribution in [-0.4, -0.2) is 67.7 Å². The molecule has 0 aliphatic carbocycles. The van der Waals surface area contributed by atoms with E-state index in [1.807, 2.05) is 0 Å². The molecular formula is C40H34F4N6O4. The molecule has 2 saturated heterocycles. The number of hydrogen-bond donors (Lipinski definition) is 0. The summed E-state index contributed by atoms with van der Waals surface area (Å²) in [6.07, 6.45) is 10.1. The van der Waals surface area contributed by atoms with Gasteiger partial charge in [0.2, 0.25) is 5.95 Å². The molecule has 0 bridgehead atoms. The van der Waals surface area contributed by atoms with Crippen LogP contribution in [0.2, 0.25) is 0 Å². The first-order chi connectivity index (χ1) is 26.2. The average molecular weight is 739 g/mol. The molecule has 10 nitrogen and oxygen atoms in total. The zero-order valence-corrected chi connectivity index (χ0v) is 28.9. The molecular weight excluding hydrogens is 704 g/mol. The van der Waals surface area contributed by atoms with Crippen LogP contribution in [0.3, 0.4) is 0 Å². The van der Waals surface area contributed by atoms with Gasteiger partial charge in [0.25, 0.3) is 11.8 Å². The van der Waals surface area contributed by atoms with Gasteiger partial charge in [-0.3, -0.25) is 14.6 Å². The number of likely N-dealkylation sites (tertiary alicyclic amines) is 2. The van der Waals surface area contributed by atoms with Gasteiger partial charge in [0.1, 0.15) is 35.5 Å². The van der Waals surface area contributed by atoms with E-state index in [9.17, 15) is 27.2 Å². The molecule has 0 saturated carbocycles. The Labute approximate surface area is 307 Å². The molecule has 2 aliphatic heterocycles. The Morgan fingerprint density at radius 3 is 1.72 bits per heavy atom. The maximum absolute atomic E-state index is 13.9. The SMILES string of the molecule is O=C(c1ccnc(F)c1)N1CCC[C@H](c2nc(-c3ccc(F)cc3)co2)C1.O=C(c1ccncc1F)N1CCC[C@H](c2nc(-c3ccc(F)cc3)co2)C1. The van der Waals surface area contributed by atoms with Gasteiger partial charge in [0, 0.05) is 61.3 Å². The molecule has 6 heterocycles. The van der Waals surface area contributed by atoms with Crippen LogP contribution in [-0.2, 0) is 0 Å². The van der Waals surface area contributed by atoms with Crippen LogP contribution in [0.25, 0.3) is 22.5 Å². The van der Waals surface area contributed by atoms with Crippen LogP contribution in [0.15, 0.2) is 107 Å². The van der Waals surface area contributed by atoms with Gasteiger partial charge in [-0.05, 0) is 86.3 Å². The molecule has 14 heteroatoms. The summed E-state index contributed by atoms with van der Waals surface area (Å²) >= 11 is 0. The molecule has 0 unspecified atom stereocenters. The summed E-state index contributed by atoms with van der Waals surface area (Å²) in [5.74, 6) is -1.54. The van der Waals surface area contributed by atoms with Crippen LogP contribution in [0.5, 0.6) is 0 Å². The van der Waals surface area contributed by atoms with Crippen LogP contribution in [0.1, 0.15) is 70.0 Å². The number of carbonyl (C=O) groups is 2. The minimum atomic E-state index is -0.675. The second-order valence-corrected chi connectivity index (χ2v) is 13.1. The molecule has 0 radical (unpaired) electrons. The summed E-state index contributed by atoms with van der Waals surface area (Å²) in [7, 11) is 0. The molecule has 2 aromatic carbocycles. The molecule has 276 valence electrons. The Balaban J connectivity index is 0.000000167. The number of oxazole rings is 2. The van der Waals surface area contributed by atoms with Crippen molar-refractivity contribution < 1.29 is 36.0 Å². The summed E-state index contributed by atoms with van der Waals surface area (Å²) in [6, 6.07) is 16.1. The fourth-order valence-electron chi connectivity index (χ4n) is 6.62. The van der Waals surface area contributed by atoms with Crippen molar-refractivity contribution in [3.05, 3.63) is 144 Å². The highest BCUT2D eigenvalue weighted by atomic mass is 19.1. The van der Waals surface area contributed by atoms with E-state index in [-0.39, 0.29) is 46.4 Å². The van der Waals surface area contributed by atoms with E-state index in [1.165, 1.54) is 55.1 Å². The smallest absolute Gasteiger partial charge is 0.256 e. The number of halogens is 4. The van der Waals surface area contributed by atoms with E-state index in [1.54, 1.807) is 40.3 Å². The van der Waals surface area contributed by atoms with E-state index < -0.39 is 11.8 Å². The van der Waals surface area contributed by atoms with Crippen molar-refractivity contribution in [2.45, 2.75) is 37.5 Å². The number of pyridine rings is 2. The van der Waals surface area contributed by atoms with Crippen molar-refractivity contribution in [2.24, 2.45) is 0 Å². The van der Waals surface area contributed by atoms with Crippen molar-refractivity contribution in [3.63, 3.8) is 0 Å². The molecule has 2 atom stereocenters. The monoisotopic (exact) mass is 738 g/mol. The van der Waals surface area contributed by atoms with E-state index in [2.05, 4.69) is 19.9 Å². The highest BCUT2D eigenvalue weighted by molar-refractivity contribution is 5.95. The van der Waals surface area contributed by atoms with Crippen LogP contribution >= 0.6 is 0 Å². The lowest BCUT2D eigenvalue weighted by Gasteiger charge is -2.31. The predicted molar refractivity (Wildman–Crippen MR) is 188 cm³/mol. The Morgan fingerprint density at radius 2 is 1.20 bits per heavy atom. The molecule has 0 N–H and O–H groups in total. The fraction of sp³-hybridized carbons (Fsp3) is 0.250. The number of aromatic nitrogens is 4. The Hall–Kier alpha value is -6.18. The zero-order valence-electron chi connectivity index (χ0n) is 28.9. The number of amides is 2. The normalized spacial score (nSPS) is 17.1. The van der Waals surface area contributed by atoms with Gasteiger partial charge >= 0.3 is 0 Å². The van der Waals surface area contributed by atoms with E-state index in [0.717, 1.165) is 49.1 Å². The second-order valence-electron chi connectivity index (χ2n) is 13.1. The number of piperidine rings is 2. The fourth-order valence-corrected chi connectivity index (χ4v) is 6.62. The topological polar surface area (TPSA) is 118 Å². The summed E-state index contributed by atoms with van der Waals surface area (Å²) < 4.78 is 64.6. The van der Waals surface area contributed by atoms with Crippen LogP contribution < -0.4 is 0 Å². The molecule has 8 rings (SSSR count). The number of hydrogen-bond acceptors (Lipinski definition) is 8. The maximum atomic E-state index is 13.9. The molecule has 2 fully saturated rings. The van der Waals surface area contributed by atoms with Crippen molar-refractivity contribution >= 4 is 11.8 Å². The van der Waals surface area contributed by atoms with E-state index >= 15 is 0 Å². The van der Waals surface area contributed by atoms with Gasteiger partial charge in [0.05, 0.1) is 23.6 Å². The average Bonchev–Trinajstić information content (AvgIpc) is 3.90. The molecule has 54 heavy (non-hydrogen) atoms. The van der Waals surface area contributed by atoms with Gasteiger partial charge in [-0.1, -0.05) is 0 Å². The predicted octanol–water partition coefficient (Wildman–Crippen LogP) is 8.07.